The number of amides is 1. The maximum Gasteiger partial charge on any atom is 0.340 e. The summed E-state index contributed by atoms with van der Waals surface area (Å²) in [5, 5.41) is 13.2. The zero-order chi connectivity index (χ0) is 20.3. The molecule has 2 N–H and O–H groups in total. The van der Waals surface area contributed by atoms with Gasteiger partial charge in [-0.2, -0.15) is 0 Å². The fraction of sp³-hybridized carbons (Fsp3) is 0.273. The molecule has 3 aromatic rings. The van der Waals surface area contributed by atoms with E-state index in [4.69, 9.17) is 4.42 Å². The summed E-state index contributed by atoms with van der Waals surface area (Å²) in [4.78, 5) is 25.1. The quantitative estimate of drug-likeness (QED) is 0.459. The molecule has 0 aliphatic carbocycles. The molecule has 0 saturated carbocycles. The van der Waals surface area contributed by atoms with Gasteiger partial charge in [0.1, 0.15) is 11.3 Å². The Morgan fingerprint density at radius 1 is 1.11 bits per heavy atom. The van der Waals surface area contributed by atoms with Crippen LogP contribution < -0.4 is 10.9 Å². The van der Waals surface area contributed by atoms with Crippen LogP contribution in [0.3, 0.4) is 0 Å². The van der Waals surface area contributed by atoms with Crippen molar-refractivity contribution >= 4 is 34.3 Å². The molecular weight excluding hydrogens is 374 g/mol. The van der Waals surface area contributed by atoms with Crippen molar-refractivity contribution in [3.8, 4) is 5.75 Å². The summed E-state index contributed by atoms with van der Waals surface area (Å²) in [6.45, 7) is 6.08. The molecule has 6 heteroatoms. The van der Waals surface area contributed by atoms with E-state index in [9.17, 15) is 14.7 Å². The van der Waals surface area contributed by atoms with Crippen molar-refractivity contribution in [3.05, 3.63) is 64.5 Å². The molecule has 2 aromatic carbocycles. The first-order chi connectivity index (χ1) is 13.2. The summed E-state index contributed by atoms with van der Waals surface area (Å²) in [7, 11) is 0. The third-order valence-electron chi connectivity index (χ3n) is 4.02. The lowest BCUT2D eigenvalue weighted by molar-refractivity contribution is -0.117. The molecule has 1 aromatic heterocycles. The van der Waals surface area contributed by atoms with Gasteiger partial charge in [-0.25, -0.2) is 4.79 Å². The molecule has 0 atom stereocenters. The lowest BCUT2D eigenvalue weighted by Gasteiger charge is -2.17. The van der Waals surface area contributed by atoms with Crippen LogP contribution >= 0.6 is 11.8 Å². The van der Waals surface area contributed by atoms with Gasteiger partial charge >= 0.3 is 5.63 Å². The van der Waals surface area contributed by atoms with Gasteiger partial charge in [-0.1, -0.05) is 20.8 Å². The number of aromatic hydroxyl groups is 1. The molecule has 0 unspecified atom stereocenters. The summed E-state index contributed by atoms with van der Waals surface area (Å²) in [5.41, 5.74) is 1.22. The minimum atomic E-state index is -0.406. The molecule has 0 bridgehead atoms. The second-order valence-electron chi connectivity index (χ2n) is 7.88. The summed E-state index contributed by atoms with van der Waals surface area (Å²) >= 11 is 1.51. The highest BCUT2D eigenvalue weighted by Crippen LogP contribution is 2.26. The first-order valence-electron chi connectivity index (χ1n) is 8.98. The molecule has 146 valence electrons. The molecule has 0 aliphatic heterocycles. The maximum atomic E-state index is 12.1. The van der Waals surface area contributed by atoms with Crippen LogP contribution in [-0.4, -0.2) is 11.0 Å². The van der Waals surface area contributed by atoms with Gasteiger partial charge in [0, 0.05) is 39.8 Å². The zero-order valence-electron chi connectivity index (χ0n) is 16.1. The molecular formula is C22H23NO4S. The minimum Gasteiger partial charge on any atom is -0.508 e. The van der Waals surface area contributed by atoms with Gasteiger partial charge in [-0.15, -0.1) is 11.8 Å². The van der Waals surface area contributed by atoms with Gasteiger partial charge in [0.2, 0.25) is 5.91 Å². The fourth-order valence-corrected chi connectivity index (χ4v) is 3.58. The SMILES string of the molecule is CC(C)(C)CC(=O)Nc1ccc(SCc2cc3ccc(O)cc3oc2=O)cc1. The summed E-state index contributed by atoms with van der Waals surface area (Å²) in [5.74, 6) is 0.523. The number of phenols is 1. The molecule has 1 amide bonds. The molecule has 28 heavy (non-hydrogen) atoms. The topological polar surface area (TPSA) is 79.5 Å². The Bertz CT molecular complexity index is 1050. The molecule has 0 fully saturated rings. The van der Waals surface area contributed by atoms with E-state index < -0.39 is 5.63 Å². The van der Waals surface area contributed by atoms with Gasteiger partial charge in [0.05, 0.1) is 0 Å². The van der Waals surface area contributed by atoms with Crippen LogP contribution in [0.25, 0.3) is 11.0 Å². The highest BCUT2D eigenvalue weighted by Gasteiger charge is 2.16. The molecule has 1 heterocycles. The number of carbonyl (C=O) groups is 1. The van der Waals surface area contributed by atoms with Crippen molar-refractivity contribution in [3.63, 3.8) is 0 Å². The summed E-state index contributed by atoms with van der Waals surface area (Å²) in [6, 6.07) is 14.0. The largest absolute Gasteiger partial charge is 0.508 e. The predicted octanol–water partition coefficient (Wildman–Crippen LogP) is 5.17. The van der Waals surface area contributed by atoms with E-state index in [2.05, 4.69) is 5.32 Å². The predicted molar refractivity (Wildman–Crippen MR) is 113 cm³/mol. The third-order valence-corrected chi connectivity index (χ3v) is 5.08. The van der Waals surface area contributed by atoms with Crippen LogP contribution in [0.1, 0.15) is 32.8 Å². The van der Waals surface area contributed by atoms with Crippen LogP contribution in [0.2, 0.25) is 0 Å². The maximum absolute atomic E-state index is 12.1. The number of anilines is 1. The molecule has 0 spiro atoms. The van der Waals surface area contributed by atoms with Crippen molar-refractivity contribution in [2.24, 2.45) is 5.41 Å². The fourth-order valence-electron chi connectivity index (χ4n) is 2.73. The Labute approximate surface area is 167 Å². The Morgan fingerprint density at radius 3 is 2.50 bits per heavy atom. The van der Waals surface area contributed by atoms with Gasteiger partial charge in [0.15, 0.2) is 0 Å². The molecule has 5 nitrogen and oxygen atoms in total. The number of fused-ring (bicyclic) bond motifs is 1. The van der Waals surface area contributed by atoms with E-state index >= 15 is 0 Å². The summed E-state index contributed by atoms with van der Waals surface area (Å²) < 4.78 is 5.29. The normalized spacial score (nSPS) is 11.5. The number of benzene rings is 2. The Kier molecular flexibility index (Phi) is 5.79. The monoisotopic (exact) mass is 397 g/mol. The third kappa shape index (κ3) is 5.39. The second-order valence-corrected chi connectivity index (χ2v) is 8.93. The van der Waals surface area contributed by atoms with E-state index in [-0.39, 0.29) is 17.1 Å². The van der Waals surface area contributed by atoms with E-state index in [1.165, 1.54) is 17.8 Å². The van der Waals surface area contributed by atoms with Gasteiger partial charge in [-0.3, -0.25) is 4.79 Å². The van der Waals surface area contributed by atoms with Crippen LogP contribution in [0, 0.1) is 5.41 Å². The van der Waals surface area contributed by atoms with E-state index in [0.29, 0.717) is 23.3 Å². The van der Waals surface area contributed by atoms with Crippen molar-refractivity contribution in [2.75, 3.05) is 5.32 Å². The lowest BCUT2D eigenvalue weighted by Crippen LogP contribution is -2.19. The van der Waals surface area contributed by atoms with E-state index in [0.717, 1.165) is 16.0 Å². The standard InChI is InChI=1S/C22H23NO4S/c1-22(2,3)12-20(25)23-16-5-8-18(9-6-16)28-13-15-10-14-4-7-17(24)11-19(14)27-21(15)26/h4-11,24H,12-13H2,1-3H3,(H,23,25). The van der Waals surface area contributed by atoms with Crippen LogP contribution in [0.5, 0.6) is 5.75 Å². The number of hydrogen-bond acceptors (Lipinski definition) is 5. The lowest BCUT2D eigenvalue weighted by atomic mass is 9.92. The van der Waals surface area contributed by atoms with Crippen LogP contribution in [0.4, 0.5) is 5.69 Å². The number of thioether (sulfide) groups is 1. The first kappa shape index (κ1) is 20.0. The van der Waals surface area contributed by atoms with Gasteiger partial charge < -0.3 is 14.8 Å². The average Bonchev–Trinajstić information content (AvgIpc) is 2.59. The number of nitrogens with one attached hydrogen (secondary N) is 1. The first-order valence-corrected chi connectivity index (χ1v) is 9.97. The molecule has 0 saturated heterocycles. The van der Waals surface area contributed by atoms with Crippen molar-refractivity contribution < 1.29 is 14.3 Å². The average molecular weight is 397 g/mol. The van der Waals surface area contributed by atoms with E-state index in [1.807, 2.05) is 45.0 Å². The Morgan fingerprint density at radius 2 is 1.82 bits per heavy atom. The highest BCUT2D eigenvalue weighted by molar-refractivity contribution is 7.98. The molecule has 0 radical (unpaired) electrons. The number of phenolic OH excluding ortho intramolecular Hbond substituents is 1. The van der Waals surface area contributed by atoms with E-state index in [1.54, 1.807) is 18.2 Å². The smallest absolute Gasteiger partial charge is 0.340 e. The minimum absolute atomic E-state index is 0.00675. The van der Waals surface area contributed by atoms with Crippen LogP contribution in [-0.2, 0) is 10.5 Å². The molecule has 0 aliphatic rings. The Balaban J connectivity index is 1.64. The van der Waals surface area contributed by atoms with Crippen LogP contribution in [0.15, 0.2) is 62.6 Å². The number of carbonyl (C=O) groups excluding carboxylic acids is 1. The zero-order valence-corrected chi connectivity index (χ0v) is 16.9. The van der Waals surface area contributed by atoms with Gasteiger partial charge in [-0.05, 0) is 47.9 Å². The molecule has 3 rings (SSSR count). The Hall–Kier alpha value is -2.73. The van der Waals surface area contributed by atoms with Crippen molar-refractivity contribution in [2.45, 2.75) is 37.8 Å². The highest BCUT2D eigenvalue weighted by atomic mass is 32.2. The van der Waals surface area contributed by atoms with Gasteiger partial charge in [0.25, 0.3) is 0 Å². The second kappa shape index (κ2) is 8.10. The van der Waals surface area contributed by atoms with Crippen molar-refractivity contribution in [1.82, 2.24) is 0 Å². The summed E-state index contributed by atoms with van der Waals surface area (Å²) in [6.07, 6.45) is 0.457. The van der Waals surface area contributed by atoms with Crippen molar-refractivity contribution in [1.29, 1.82) is 0 Å². The number of rotatable bonds is 5. The number of hydrogen-bond donors (Lipinski definition) is 2.